The Morgan fingerprint density at radius 3 is 2.72 bits per heavy atom. The number of hydrogen-bond acceptors (Lipinski definition) is 3. The van der Waals surface area contributed by atoms with E-state index < -0.39 is 0 Å². The van der Waals surface area contributed by atoms with Crippen molar-refractivity contribution in [1.82, 2.24) is 5.32 Å². The van der Waals surface area contributed by atoms with Crippen LogP contribution in [0.5, 0.6) is 5.75 Å². The highest BCUT2D eigenvalue weighted by Crippen LogP contribution is 2.26. The van der Waals surface area contributed by atoms with E-state index in [9.17, 15) is 0 Å². The second-order valence-electron chi connectivity index (χ2n) is 4.08. The van der Waals surface area contributed by atoms with Crippen molar-refractivity contribution in [3.63, 3.8) is 0 Å². The highest BCUT2D eigenvalue weighted by Gasteiger charge is 2.02. The van der Waals surface area contributed by atoms with Crippen LogP contribution in [0.15, 0.2) is 22.7 Å². The molecule has 0 aliphatic rings. The van der Waals surface area contributed by atoms with Gasteiger partial charge in [-0.2, -0.15) is 0 Å². The van der Waals surface area contributed by atoms with Gasteiger partial charge in [0.2, 0.25) is 0 Å². The molecule has 0 bridgehead atoms. The first-order valence-electron chi connectivity index (χ1n) is 6.41. The molecule has 0 spiro atoms. The third-order valence-corrected chi connectivity index (χ3v) is 3.11. The molecule has 0 saturated heterocycles. The van der Waals surface area contributed by atoms with Crippen molar-refractivity contribution in [2.75, 3.05) is 33.4 Å². The molecule has 4 heteroatoms. The number of halogens is 1. The fourth-order valence-corrected chi connectivity index (χ4v) is 2.04. The van der Waals surface area contributed by atoms with Gasteiger partial charge in [-0.3, -0.25) is 0 Å². The Morgan fingerprint density at radius 1 is 1.22 bits per heavy atom. The fraction of sp³-hybridized carbons (Fsp3) is 0.571. The summed E-state index contributed by atoms with van der Waals surface area (Å²) in [4.78, 5) is 0. The molecule has 0 atom stereocenters. The van der Waals surface area contributed by atoms with Crippen LogP contribution in [-0.4, -0.2) is 33.4 Å². The van der Waals surface area contributed by atoms with Crippen molar-refractivity contribution in [1.29, 1.82) is 0 Å². The molecule has 0 radical (unpaired) electrons. The summed E-state index contributed by atoms with van der Waals surface area (Å²) in [5.41, 5.74) is 1.26. The summed E-state index contributed by atoms with van der Waals surface area (Å²) in [5.74, 6) is 0.914. The van der Waals surface area contributed by atoms with Gasteiger partial charge in [-0.05, 0) is 53.5 Å². The van der Waals surface area contributed by atoms with E-state index in [1.165, 1.54) is 5.56 Å². The summed E-state index contributed by atoms with van der Waals surface area (Å²) in [6, 6.07) is 6.21. The Balaban J connectivity index is 2.36. The molecule has 102 valence electrons. The molecule has 0 heterocycles. The molecule has 0 saturated carbocycles. The van der Waals surface area contributed by atoms with Crippen LogP contribution in [-0.2, 0) is 11.2 Å². The van der Waals surface area contributed by atoms with Gasteiger partial charge in [-0.25, -0.2) is 0 Å². The molecule has 1 aromatic carbocycles. The van der Waals surface area contributed by atoms with E-state index in [1.807, 2.05) is 13.1 Å². The predicted molar refractivity (Wildman–Crippen MR) is 78.4 cm³/mol. The number of benzene rings is 1. The third-order valence-electron chi connectivity index (χ3n) is 2.49. The molecule has 0 aromatic heterocycles. The number of ether oxygens (including phenoxy) is 2. The molecule has 1 aromatic rings. The molecule has 0 aliphatic carbocycles. The number of rotatable bonds is 9. The van der Waals surface area contributed by atoms with E-state index in [0.29, 0.717) is 0 Å². The van der Waals surface area contributed by atoms with Gasteiger partial charge in [0.05, 0.1) is 24.3 Å². The summed E-state index contributed by atoms with van der Waals surface area (Å²) < 4.78 is 12.1. The lowest BCUT2D eigenvalue weighted by Gasteiger charge is -2.09. The van der Waals surface area contributed by atoms with E-state index in [-0.39, 0.29) is 0 Å². The minimum absolute atomic E-state index is 0.753. The SMILES string of the molecule is CCCOc1ccc(CCOCCNC)cc1Br. The lowest BCUT2D eigenvalue weighted by molar-refractivity contribution is 0.140. The normalized spacial score (nSPS) is 10.6. The van der Waals surface area contributed by atoms with E-state index >= 15 is 0 Å². The summed E-state index contributed by atoms with van der Waals surface area (Å²) >= 11 is 3.54. The fourth-order valence-electron chi connectivity index (χ4n) is 1.50. The predicted octanol–water partition coefficient (Wildman–Crippen LogP) is 3.02. The zero-order chi connectivity index (χ0) is 13.2. The van der Waals surface area contributed by atoms with E-state index in [0.717, 1.165) is 49.4 Å². The Morgan fingerprint density at radius 2 is 2.06 bits per heavy atom. The highest BCUT2D eigenvalue weighted by molar-refractivity contribution is 9.10. The van der Waals surface area contributed by atoms with Crippen LogP contribution in [0.4, 0.5) is 0 Å². The monoisotopic (exact) mass is 315 g/mol. The molecule has 0 unspecified atom stereocenters. The molecule has 1 N–H and O–H groups in total. The van der Waals surface area contributed by atoms with Crippen LogP contribution in [0, 0.1) is 0 Å². The van der Waals surface area contributed by atoms with Gasteiger partial charge in [0.15, 0.2) is 0 Å². The van der Waals surface area contributed by atoms with Gasteiger partial charge in [-0.15, -0.1) is 0 Å². The smallest absolute Gasteiger partial charge is 0.133 e. The van der Waals surface area contributed by atoms with E-state index in [4.69, 9.17) is 9.47 Å². The van der Waals surface area contributed by atoms with Crippen LogP contribution in [0.1, 0.15) is 18.9 Å². The van der Waals surface area contributed by atoms with Gasteiger partial charge in [-0.1, -0.05) is 13.0 Å². The Kier molecular flexibility index (Phi) is 8.05. The molecular weight excluding hydrogens is 294 g/mol. The number of hydrogen-bond donors (Lipinski definition) is 1. The van der Waals surface area contributed by atoms with E-state index in [2.05, 4.69) is 40.3 Å². The van der Waals surface area contributed by atoms with Gasteiger partial charge >= 0.3 is 0 Å². The topological polar surface area (TPSA) is 30.5 Å². The molecule has 3 nitrogen and oxygen atoms in total. The Bertz CT molecular complexity index is 345. The molecular formula is C14H22BrNO2. The first-order chi connectivity index (χ1) is 8.77. The second-order valence-corrected chi connectivity index (χ2v) is 4.93. The van der Waals surface area contributed by atoms with Crippen LogP contribution in [0.2, 0.25) is 0 Å². The minimum atomic E-state index is 0.753. The second kappa shape index (κ2) is 9.36. The Labute approximate surface area is 118 Å². The molecule has 0 fully saturated rings. The Hall–Kier alpha value is -0.580. The summed E-state index contributed by atoms with van der Waals surface area (Å²) in [5, 5.41) is 3.05. The average Bonchev–Trinajstić information content (AvgIpc) is 2.37. The lowest BCUT2D eigenvalue weighted by atomic mass is 10.1. The van der Waals surface area contributed by atoms with Crippen molar-refractivity contribution < 1.29 is 9.47 Å². The van der Waals surface area contributed by atoms with Gasteiger partial charge in [0, 0.05) is 6.54 Å². The maximum Gasteiger partial charge on any atom is 0.133 e. The maximum absolute atomic E-state index is 5.61. The van der Waals surface area contributed by atoms with Gasteiger partial charge in [0.25, 0.3) is 0 Å². The quantitative estimate of drug-likeness (QED) is 0.711. The molecule has 18 heavy (non-hydrogen) atoms. The van der Waals surface area contributed by atoms with Crippen LogP contribution >= 0.6 is 15.9 Å². The van der Waals surface area contributed by atoms with Crippen LogP contribution < -0.4 is 10.1 Å². The van der Waals surface area contributed by atoms with Crippen molar-refractivity contribution in [2.24, 2.45) is 0 Å². The van der Waals surface area contributed by atoms with Crippen LogP contribution in [0.3, 0.4) is 0 Å². The van der Waals surface area contributed by atoms with Crippen molar-refractivity contribution in [2.45, 2.75) is 19.8 Å². The molecule has 1 rings (SSSR count). The summed E-state index contributed by atoms with van der Waals surface area (Å²) in [7, 11) is 1.93. The standard InChI is InChI=1S/C14H22BrNO2/c1-3-8-18-14-5-4-12(11-13(14)15)6-9-17-10-7-16-2/h4-5,11,16H,3,6-10H2,1-2H3. The van der Waals surface area contributed by atoms with E-state index in [1.54, 1.807) is 0 Å². The average molecular weight is 316 g/mol. The number of likely N-dealkylation sites (N-methyl/N-ethyl adjacent to an activating group) is 1. The first-order valence-corrected chi connectivity index (χ1v) is 7.20. The van der Waals surface area contributed by atoms with Crippen molar-refractivity contribution in [3.8, 4) is 5.75 Å². The third kappa shape index (κ3) is 5.85. The van der Waals surface area contributed by atoms with Crippen LogP contribution in [0.25, 0.3) is 0 Å². The van der Waals surface area contributed by atoms with Crippen molar-refractivity contribution in [3.05, 3.63) is 28.2 Å². The lowest BCUT2D eigenvalue weighted by Crippen LogP contribution is -2.15. The van der Waals surface area contributed by atoms with Crippen molar-refractivity contribution >= 4 is 15.9 Å². The maximum atomic E-state index is 5.61. The summed E-state index contributed by atoms with van der Waals surface area (Å²) in [6.07, 6.45) is 1.95. The minimum Gasteiger partial charge on any atom is -0.492 e. The largest absolute Gasteiger partial charge is 0.492 e. The molecule has 0 aliphatic heterocycles. The van der Waals surface area contributed by atoms with Gasteiger partial charge in [0.1, 0.15) is 5.75 Å². The highest BCUT2D eigenvalue weighted by atomic mass is 79.9. The zero-order valence-corrected chi connectivity index (χ0v) is 12.8. The zero-order valence-electron chi connectivity index (χ0n) is 11.2. The first kappa shape index (κ1) is 15.5. The van der Waals surface area contributed by atoms with Gasteiger partial charge < -0.3 is 14.8 Å². The molecule has 0 amide bonds. The summed E-state index contributed by atoms with van der Waals surface area (Å²) in [6.45, 7) is 5.27. The number of nitrogens with one attached hydrogen (secondary N) is 1.